The molecule has 0 aliphatic heterocycles. The van der Waals surface area contributed by atoms with Crippen molar-refractivity contribution < 1.29 is 14.3 Å². The molecule has 158 valence electrons. The monoisotopic (exact) mass is 454 g/mol. The van der Waals surface area contributed by atoms with Crippen LogP contribution in [0, 0.1) is 0 Å². The third kappa shape index (κ3) is 4.39. The highest BCUT2D eigenvalue weighted by Crippen LogP contribution is 2.35. The molecule has 4 rings (SSSR count). The van der Waals surface area contributed by atoms with Crippen LogP contribution in [0.25, 0.3) is 22.1 Å². The molecule has 0 amide bonds. The number of hydrogen-bond donors (Lipinski definition) is 3. The van der Waals surface area contributed by atoms with Crippen molar-refractivity contribution in [2.45, 2.75) is 6.42 Å². The molecule has 4 N–H and O–H groups in total. The predicted octanol–water partition coefficient (Wildman–Crippen LogP) is 6.01. The van der Waals surface area contributed by atoms with Gasteiger partial charge in [-0.2, -0.15) is 0 Å². The lowest BCUT2D eigenvalue weighted by Gasteiger charge is -2.08. The molecule has 0 bridgehead atoms. The lowest BCUT2D eigenvalue weighted by molar-refractivity contribution is 0.101. The molecule has 0 saturated heterocycles. The van der Waals surface area contributed by atoms with Gasteiger partial charge < -0.3 is 20.6 Å². The standard InChI is InChI=1S/C24H20Cl2N2O3/c25-16-6-8-18(20(26)13-16)23(30)24-22(27)19-7-5-15(12-21(19)31-24)14-3-1-4-17(11-14)28-9-2-10-29/h1,3-8,11-13,28-29H,2,9-10,27H2. The Morgan fingerprint density at radius 1 is 1.03 bits per heavy atom. The van der Waals surface area contributed by atoms with Crippen LogP contribution in [0.3, 0.4) is 0 Å². The number of furan rings is 1. The summed E-state index contributed by atoms with van der Waals surface area (Å²) in [4.78, 5) is 13.0. The predicted molar refractivity (Wildman–Crippen MR) is 126 cm³/mol. The van der Waals surface area contributed by atoms with E-state index in [1.165, 1.54) is 6.07 Å². The van der Waals surface area contributed by atoms with Gasteiger partial charge >= 0.3 is 0 Å². The minimum absolute atomic E-state index is 0.0517. The quantitative estimate of drug-likeness (QED) is 0.235. The molecule has 3 aromatic carbocycles. The van der Waals surface area contributed by atoms with Gasteiger partial charge in [0.25, 0.3) is 0 Å². The average Bonchev–Trinajstić information content (AvgIpc) is 3.10. The van der Waals surface area contributed by atoms with Crippen molar-refractivity contribution in [3.05, 3.63) is 82.0 Å². The highest BCUT2D eigenvalue weighted by molar-refractivity contribution is 6.37. The van der Waals surface area contributed by atoms with Crippen LogP contribution in [-0.4, -0.2) is 24.0 Å². The fourth-order valence-electron chi connectivity index (χ4n) is 3.38. The number of benzene rings is 3. The maximum absolute atomic E-state index is 13.0. The number of fused-ring (bicyclic) bond motifs is 1. The smallest absolute Gasteiger partial charge is 0.231 e. The molecule has 1 aromatic heterocycles. The average molecular weight is 455 g/mol. The Kier molecular flexibility index (Phi) is 6.18. The van der Waals surface area contributed by atoms with E-state index < -0.39 is 5.78 Å². The molecular formula is C24H20Cl2N2O3. The first-order chi connectivity index (χ1) is 15.0. The van der Waals surface area contributed by atoms with Crippen molar-refractivity contribution in [3.8, 4) is 11.1 Å². The van der Waals surface area contributed by atoms with Crippen LogP contribution in [0.2, 0.25) is 10.0 Å². The maximum atomic E-state index is 13.0. The van der Waals surface area contributed by atoms with Gasteiger partial charge in [0.1, 0.15) is 5.58 Å². The van der Waals surface area contributed by atoms with Crippen LogP contribution in [0.15, 0.2) is 65.1 Å². The summed E-state index contributed by atoms with van der Waals surface area (Å²) in [6.07, 6.45) is 0.677. The molecule has 1 heterocycles. The fourth-order valence-corrected chi connectivity index (χ4v) is 3.88. The molecule has 0 unspecified atom stereocenters. The highest BCUT2D eigenvalue weighted by atomic mass is 35.5. The molecule has 0 aliphatic rings. The van der Waals surface area contributed by atoms with Gasteiger partial charge in [0.15, 0.2) is 5.76 Å². The number of nitrogen functional groups attached to an aromatic ring is 1. The molecule has 0 fully saturated rings. The van der Waals surface area contributed by atoms with E-state index in [2.05, 4.69) is 5.32 Å². The summed E-state index contributed by atoms with van der Waals surface area (Å²) in [7, 11) is 0. The summed E-state index contributed by atoms with van der Waals surface area (Å²) in [6, 6.07) is 18.2. The number of nitrogens with one attached hydrogen (secondary N) is 1. The van der Waals surface area contributed by atoms with Gasteiger partial charge in [0.2, 0.25) is 5.78 Å². The van der Waals surface area contributed by atoms with E-state index in [0.717, 1.165) is 16.8 Å². The Hall–Kier alpha value is -2.99. The van der Waals surface area contributed by atoms with Gasteiger partial charge in [-0.3, -0.25) is 4.79 Å². The summed E-state index contributed by atoms with van der Waals surface area (Å²) >= 11 is 12.1. The Bertz CT molecular complexity index is 1270. The van der Waals surface area contributed by atoms with Crippen molar-refractivity contribution in [3.63, 3.8) is 0 Å². The number of aliphatic hydroxyl groups is 1. The summed E-state index contributed by atoms with van der Waals surface area (Å²) in [5.74, 6) is -0.345. The Morgan fingerprint density at radius 2 is 1.84 bits per heavy atom. The molecule has 0 saturated carbocycles. The summed E-state index contributed by atoms with van der Waals surface area (Å²) in [5, 5.41) is 13.6. The van der Waals surface area contributed by atoms with Gasteiger partial charge in [-0.05, 0) is 60.0 Å². The van der Waals surface area contributed by atoms with Gasteiger partial charge in [-0.15, -0.1) is 0 Å². The van der Waals surface area contributed by atoms with E-state index in [1.54, 1.807) is 12.1 Å². The van der Waals surface area contributed by atoms with Gasteiger partial charge in [0.05, 0.1) is 10.7 Å². The minimum Gasteiger partial charge on any atom is -0.450 e. The second-order valence-corrected chi connectivity index (χ2v) is 7.94. The number of hydrogen-bond acceptors (Lipinski definition) is 5. The first kappa shape index (κ1) is 21.2. The molecule has 0 spiro atoms. The van der Waals surface area contributed by atoms with E-state index in [9.17, 15) is 4.79 Å². The largest absolute Gasteiger partial charge is 0.450 e. The molecule has 0 atom stereocenters. The fraction of sp³-hybridized carbons (Fsp3) is 0.125. The number of halogens is 2. The minimum atomic E-state index is -0.396. The second-order valence-electron chi connectivity index (χ2n) is 7.09. The van der Waals surface area contributed by atoms with E-state index >= 15 is 0 Å². The summed E-state index contributed by atoms with van der Waals surface area (Å²) < 4.78 is 5.86. The van der Waals surface area contributed by atoms with Crippen molar-refractivity contribution in [1.29, 1.82) is 0 Å². The Labute approximate surface area is 189 Å². The SMILES string of the molecule is Nc1c(C(=O)c2ccc(Cl)cc2Cl)oc2cc(-c3cccc(NCCCO)c3)ccc12. The zero-order valence-corrected chi connectivity index (χ0v) is 18.0. The normalized spacial score (nSPS) is 11.1. The van der Waals surface area contributed by atoms with Crippen molar-refractivity contribution in [1.82, 2.24) is 0 Å². The van der Waals surface area contributed by atoms with Crippen LogP contribution in [-0.2, 0) is 0 Å². The third-order valence-corrected chi connectivity index (χ3v) is 5.52. The third-order valence-electron chi connectivity index (χ3n) is 4.97. The molecule has 5 nitrogen and oxygen atoms in total. The topological polar surface area (TPSA) is 88.5 Å². The number of rotatable bonds is 7. The number of carbonyl (C=O) groups excluding carboxylic acids is 1. The van der Waals surface area contributed by atoms with E-state index in [0.29, 0.717) is 29.0 Å². The molecule has 7 heteroatoms. The van der Waals surface area contributed by atoms with E-state index in [1.807, 2.05) is 42.5 Å². The first-order valence-electron chi connectivity index (χ1n) is 9.75. The number of ketones is 1. The van der Waals surface area contributed by atoms with Crippen molar-refractivity contribution in [2.75, 3.05) is 24.2 Å². The maximum Gasteiger partial charge on any atom is 0.231 e. The number of carbonyl (C=O) groups is 1. The van der Waals surface area contributed by atoms with Crippen LogP contribution in [0.1, 0.15) is 22.5 Å². The molecule has 4 aromatic rings. The Balaban J connectivity index is 1.68. The van der Waals surface area contributed by atoms with Crippen molar-refractivity contribution in [2.24, 2.45) is 0 Å². The van der Waals surface area contributed by atoms with Gasteiger partial charge in [0, 0.05) is 34.8 Å². The van der Waals surface area contributed by atoms with E-state index in [-0.39, 0.29) is 28.6 Å². The summed E-state index contributed by atoms with van der Waals surface area (Å²) in [5.41, 5.74) is 10.2. The molecule has 0 radical (unpaired) electrons. The van der Waals surface area contributed by atoms with Crippen LogP contribution < -0.4 is 11.1 Å². The molecule has 0 aliphatic carbocycles. The van der Waals surface area contributed by atoms with E-state index in [4.69, 9.17) is 38.5 Å². The second kappa shape index (κ2) is 9.02. The first-order valence-corrected chi connectivity index (χ1v) is 10.5. The zero-order chi connectivity index (χ0) is 22.0. The lowest BCUT2D eigenvalue weighted by atomic mass is 10.0. The lowest BCUT2D eigenvalue weighted by Crippen LogP contribution is -2.03. The number of anilines is 2. The zero-order valence-electron chi connectivity index (χ0n) is 16.5. The van der Waals surface area contributed by atoms with Crippen LogP contribution >= 0.6 is 23.2 Å². The van der Waals surface area contributed by atoms with Crippen LogP contribution in [0.5, 0.6) is 0 Å². The van der Waals surface area contributed by atoms with Gasteiger partial charge in [-0.1, -0.05) is 41.4 Å². The molecule has 31 heavy (non-hydrogen) atoms. The van der Waals surface area contributed by atoms with Crippen LogP contribution in [0.4, 0.5) is 11.4 Å². The highest BCUT2D eigenvalue weighted by Gasteiger charge is 2.22. The van der Waals surface area contributed by atoms with Crippen molar-refractivity contribution >= 4 is 51.3 Å². The summed E-state index contributed by atoms with van der Waals surface area (Å²) in [6.45, 7) is 0.831. The Morgan fingerprint density at radius 3 is 2.61 bits per heavy atom. The number of aliphatic hydroxyl groups excluding tert-OH is 1. The van der Waals surface area contributed by atoms with Gasteiger partial charge in [-0.25, -0.2) is 0 Å². The molecular weight excluding hydrogens is 435 g/mol. The number of nitrogens with two attached hydrogens (primary N) is 1.